The summed E-state index contributed by atoms with van der Waals surface area (Å²) in [6, 6.07) is 11.3. The number of sulfonamides is 1. The molecule has 1 aliphatic heterocycles. The standard InChI is InChI=1S/C23H26N4O7S2/c1-15-5-9-18(10-6-15)35(30,31)27-13-17(14-34-36(32,33)19-11-7-16(2)8-12-19)24-20-21(27)25(3)23(29)26(4)22(20)28/h5-12,17,24H,13-14H2,1-4H3. The Morgan fingerprint density at radius 3 is 1.94 bits per heavy atom. The molecule has 3 aromatic rings. The van der Waals surface area contributed by atoms with Crippen molar-refractivity contribution >= 4 is 31.6 Å². The Bertz CT molecular complexity index is 1640. The Kier molecular flexibility index (Phi) is 6.58. The van der Waals surface area contributed by atoms with Gasteiger partial charge in [-0.25, -0.2) is 17.5 Å². The Morgan fingerprint density at radius 1 is 0.861 bits per heavy atom. The second kappa shape index (κ2) is 9.22. The zero-order chi connectivity index (χ0) is 26.4. The minimum atomic E-state index is -4.22. The first kappa shape index (κ1) is 25.7. The predicted octanol–water partition coefficient (Wildman–Crippen LogP) is 1.10. The lowest BCUT2D eigenvalue weighted by Gasteiger charge is -2.36. The molecule has 1 aliphatic rings. The highest BCUT2D eigenvalue weighted by atomic mass is 32.2. The van der Waals surface area contributed by atoms with Crippen LogP contribution in [0, 0.1) is 13.8 Å². The normalized spacial score (nSPS) is 15.9. The SMILES string of the molecule is Cc1ccc(S(=O)(=O)OCC2CN(S(=O)(=O)c3ccc(C)cc3)c3c(c(=O)n(C)c(=O)n3C)N2)cc1. The van der Waals surface area contributed by atoms with Gasteiger partial charge in [0.1, 0.15) is 5.69 Å². The lowest BCUT2D eigenvalue weighted by molar-refractivity contribution is 0.299. The average molecular weight is 535 g/mol. The lowest BCUT2D eigenvalue weighted by atomic mass is 10.2. The molecule has 0 bridgehead atoms. The topological polar surface area (TPSA) is 137 Å². The van der Waals surface area contributed by atoms with Crippen LogP contribution in [0.1, 0.15) is 11.1 Å². The molecule has 11 nitrogen and oxygen atoms in total. The predicted molar refractivity (Wildman–Crippen MR) is 134 cm³/mol. The molecule has 36 heavy (non-hydrogen) atoms. The maximum absolute atomic E-state index is 13.6. The lowest BCUT2D eigenvalue weighted by Crippen LogP contribution is -2.53. The molecular weight excluding hydrogens is 508 g/mol. The van der Waals surface area contributed by atoms with Gasteiger partial charge in [-0.05, 0) is 38.1 Å². The minimum Gasteiger partial charge on any atom is -0.371 e. The number of aromatic nitrogens is 2. The molecule has 13 heteroatoms. The van der Waals surface area contributed by atoms with Gasteiger partial charge in [0.15, 0.2) is 5.82 Å². The zero-order valence-electron chi connectivity index (χ0n) is 20.1. The van der Waals surface area contributed by atoms with Gasteiger partial charge in [0.25, 0.3) is 25.7 Å². The van der Waals surface area contributed by atoms with Gasteiger partial charge in [-0.2, -0.15) is 8.42 Å². The van der Waals surface area contributed by atoms with Crippen molar-refractivity contribution in [3.63, 3.8) is 0 Å². The molecule has 0 radical (unpaired) electrons. The first-order chi connectivity index (χ1) is 16.8. The van der Waals surface area contributed by atoms with Gasteiger partial charge in [0.2, 0.25) is 0 Å². The molecular formula is C23H26N4O7S2. The van der Waals surface area contributed by atoms with Crippen LogP contribution in [-0.2, 0) is 38.4 Å². The van der Waals surface area contributed by atoms with E-state index in [9.17, 15) is 26.4 Å². The number of rotatable bonds is 6. The third-order valence-corrected chi connectivity index (χ3v) is 9.01. The molecule has 0 aliphatic carbocycles. The summed E-state index contributed by atoms with van der Waals surface area (Å²) in [7, 11) is -5.74. The summed E-state index contributed by atoms with van der Waals surface area (Å²) in [6.45, 7) is 2.89. The summed E-state index contributed by atoms with van der Waals surface area (Å²) in [4.78, 5) is 25.5. The number of nitrogens with one attached hydrogen (secondary N) is 1. The summed E-state index contributed by atoms with van der Waals surface area (Å²) in [6.07, 6.45) is 0. The van der Waals surface area contributed by atoms with Crippen molar-refractivity contribution < 1.29 is 21.0 Å². The highest BCUT2D eigenvalue weighted by molar-refractivity contribution is 7.92. The van der Waals surface area contributed by atoms with E-state index in [1.165, 1.54) is 38.4 Å². The molecule has 4 rings (SSSR count). The van der Waals surface area contributed by atoms with E-state index in [1.54, 1.807) is 24.3 Å². The molecule has 1 N–H and O–H groups in total. The monoisotopic (exact) mass is 534 g/mol. The fourth-order valence-electron chi connectivity index (χ4n) is 3.88. The second-order valence-corrected chi connectivity index (χ2v) is 12.1. The fourth-order valence-corrected chi connectivity index (χ4v) is 6.38. The van der Waals surface area contributed by atoms with Crippen LogP contribution in [0.4, 0.5) is 11.5 Å². The van der Waals surface area contributed by atoms with Crippen LogP contribution in [0.3, 0.4) is 0 Å². The highest BCUT2D eigenvalue weighted by Crippen LogP contribution is 2.32. The molecule has 2 aromatic carbocycles. The molecule has 1 unspecified atom stereocenters. The van der Waals surface area contributed by atoms with E-state index >= 15 is 0 Å². The van der Waals surface area contributed by atoms with Crippen LogP contribution in [-0.4, -0.2) is 45.2 Å². The van der Waals surface area contributed by atoms with E-state index < -0.39 is 44.0 Å². The number of anilines is 2. The van der Waals surface area contributed by atoms with Gasteiger partial charge in [-0.15, -0.1) is 0 Å². The summed E-state index contributed by atoms with van der Waals surface area (Å²) < 4.78 is 60.7. The zero-order valence-corrected chi connectivity index (χ0v) is 21.8. The van der Waals surface area contributed by atoms with Crippen molar-refractivity contribution in [2.75, 3.05) is 22.8 Å². The van der Waals surface area contributed by atoms with Crippen molar-refractivity contribution in [2.24, 2.45) is 14.1 Å². The third kappa shape index (κ3) is 4.56. The summed E-state index contributed by atoms with van der Waals surface area (Å²) in [5, 5.41) is 2.88. The number of hydrogen-bond donors (Lipinski definition) is 1. The van der Waals surface area contributed by atoms with Crippen molar-refractivity contribution in [1.29, 1.82) is 0 Å². The number of hydrogen-bond acceptors (Lipinski definition) is 8. The molecule has 0 spiro atoms. The Balaban J connectivity index is 1.75. The Labute approximate surface area is 208 Å². The van der Waals surface area contributed by atoms with Crippen LogP contribution in [0.2, 0.25) is 0 Å². The number of benzene rings is 2. The van der Waals surface area contributed by atoms with Crippen molar-refractivity contribution in [3.05, 3.63) is 80.5 Å². The maximum Gasteiger partial charge on any atom is 0.332 e. The molecule has 0 amide bonds. The van der Waals surface area contributed by atoms with E-state index in [0.29, 0.717) is 0 Å². The fraction of sp³-hybridized carbons (Fsp3) is 0.304. The molecule has 1 atom stereocenters. The van der Waals surface area contributed by atoms with Crippen LogP contribution in [0.15, 0.2) is 67.9 Å². The quantitative estimate of drug-likeness (QED) is 0.464. The molecule has 0 fully saturated rings. The molecule has 2 heterocycles. The number of aryl methyl sites for hydroxylation is 2. The highest BCUT2D eigenvalue weighted by Gasteiger charge is 2.38. The van der Waals surface area contributed by atoms with Crippen LogP contribution >= 0.6 is 0 Å². The summed E-state index contributed by atoms with van der Waals surface area (Å²) >= 11 is 0. The maximum atomic E-state index is 13.6. The molecule has 0 saturated carbocycles. The van der Waals surface area contributed by atoms with Crippen molar-refractivity contribution in [2.45, 2.75) is 29.7 Å². The summed E-state index contributed by atoms with van der Waals surface area (Å²) in [5.41, 5.74) is 0.119. The van der Waals surface area contributed by atoms with Gasteiger partial charge in [-0.1, -0.05) is 35.4 Å². The van der Waals surface area contributed by atoms with Crippen LogP contribution in [0.5, 0.6) is 0 Å². The van der Waals surface area contributed by atoms with Crippen LogP contribution in [0.25, 0.3) is 0 Å². The Hall–Kier alpha value is -3.42. The minimum absolute atomic E-state index is 0.0407. The third-order valence-electron chi connectivity index (χ3n) is 5.95. The van der Waals surface area contributed by atoms with Crippen molar-refractivity contribution in [1.82, 2.24) is 9.13 Å². The largest absolute Gasteiger partial charge is 0.371 e. The molecule has 1 aromatic heterocycles. The van der Waals surface area contributed by atoms with E-state index in [4.69, 9.17) is 4.18 Å². The summed E-state index contributed by atoms with van der Waals surface area (Å²) in [5.74, 6) is -0.138. The number of nitrogens with zero attached hydrogens (tertiary/aromatic N) is 3. The van der Waals surface area contributed by atoms with Crippen LogP contribution < -0.4 is 20.9 Å². The Morgan fingerprint density at radius 2 is 1.39 bits per heavy atom. The van der Waals surface area contributed by atoms with Gasteiger partial charge >= 0.3 is 5.69 Å². The second-order valence-electron chi connectivity index (χ2n) is 8.65. The van der Waals surface area contributed by atoms with E-state index in [1.807, 2.05) is 13.8 Å². The van der Waals surface area contributed by atoms with Gasteiger partial charge in [-0.3, -0.25) is 18.1 Å². The first-order valence-electron chi connectivity index (χ1n) is 10.9. The smallest absolute Gasteiger partial charge is 0.332 e. The van der Waals surface area contributed by atoms with Gasteiger partial charge in [0, 0.05) is 14.1 Å². The first-order valence-corrected chi connectivity index (χ1v) is 13.8. The van der Waals surface area contributed by atoms with Crippen molar-refractivity contribution in [3.8, 4) is 0 Å². The number of fused-ring (bicyclic) bond motifs is 1. The van der Waals surface area contributed by atoms with Gasteiger partial charge < -0.3 is 5.32 Å². The van der Waals surface area contributed by atoms with E-state index in [0.717, 1.165) is 24.6 Å². The van der Waals surface area contributed by atoms with Gasteiger partial charge in [0.05, 0.1) is 29.0 Å². The molecule has 192 valence electrons. The van der Waals surface area contributed by atoms with E-state index in [-0.39, 0.29) is 27.8 Å². The average Bonchev–Trinajstić information content (AvgIpc) is 2.85. The molecule has 0 saturated heterocycles. The van der Waals surface area contributed by atoms with E-state index in [2.05, 4.69) is 5.32 Å².